The van der Waals surface area contributed by atoms with Crippen molar-refractivity contribution in [1.82, 2.24) is 0 Å². The van der Waals surface area contributed by atoms with Gasteiger partial charge in [-0.15, -0.1) is 0 Å². The van der Waals surface area contributed by atoms with Crippen LogP contribution in [-0.4, -0.2) is 6.54 Å². The van der Waals surface area contributed by atoms with E-state index in [0.717, 1.165) is 0 Å². The SMILES string of the molecule is CC1(C)CNc2cc(F)c(Br)c(F)c21. The van der Waals surface area contributed by atoms with E-state index in [1.54, 1.807) is 0 Å². The van der Waals surface area contributed by atoms with E-state index in [9.17, 15) is 8.78 Å². The van der Waals surface area contributed by atoms with Crippen molar-refractivity contribution in [1.29, 1.82) is 0 Å². The first-order chi connectivity index (χ1) is 6.43. The lowest BCUT2D eigenvalue weighted by Crippen LogP contribution is -2.20. The first kappa shape index (κ1) is 9.90. The Balaban J connectivity index is 2.73. The quantitative estimate of drug-likeness (QED) is 0.706. The van der Waals surface area contributed by atoms with E-state index in [-0.39, 0.29) is 9.89 Å². The number of hydrogen-bond donors (Lipinski definition) is 1. The maximum absolute atomic E-state index is 13.7. The molecule has 0 saturated heterocycles. The number of anilines is 1. The van der Waals surface area contributed by atoms with Crippen molar-refractivity contribution in [3.05, 3.63) is 27.7 Å². The molecule has 1 nitrogen and oxygen atoms in total. The van der Waals surface area contributed by atoms with Gasteiger partial charge in [0.1, 0.15) is 11.6 Å². The summed E-state index contributed by atoms with van der Waals surface area (Å²) in [4.78, 5) is 0. The van der Waals surface area contributed by atoms with Crippen molar-refractivity contribution < 1.29 is 8.78 Å². The Labute approximate surface area is 89.6 Å². The van der Waals surface area contributed by atoms with Crippen molar-refractivity contribution in [2.45, 2.75) is 19.3 Å². The smallest absolute Gasteiger partial charge is 0.146 e. The highest BCUT2D eigenvalue weighted by atomic mass is 79.9. The van der Waals surface area contributed by atoms with Gasteiger partial charge in [0.15, 0.2) is 0 Å². The molecule has 0 fully saturated rings. The summed E-state index contributed by atoms with van der Waals surface area (Å²) in [5.41, 5.74) is 0.842. The van der Waals surface area contributed by atoms with Gasteiger partial charge >= 0.3 is 0 Å². The molecule has 76 valence electrons. The Bertz CT molecular complexity index is 402. The van der Waals surface area contributed by atoms with Crippen molar-refractivity contribution in [2.75, 3.05) is 11.9 Å². The summed E-state index contributed by atoms with van der Waals surface area (Å²) in [6.07, 6.45) is 0. The molecule has 0 unspecified atom stereocenters. The van der Waals surface area contributed by atoms with Gasteiger partial charge in [-0.3, -0.25) is 0 Å². The monoisotopic (exact) mass is 261 g/mol. The Kier molecular flexibility index (Phi) is 2.07. The molecule has 1 aliphatic heterocycles. The average Bonchev–Trinajstić information content (AvgIpc) is 2.38. The van der Waals surface area contributed by atoms with Gasteiger partial charge in [0.2, 0.25) is 0 Å². The third-order valence-electron chi connectivity index (χ3n) is 2.56. The largest absolute Gasteiger partial charge is 0.384 e. The van der Waals surface area contributed by atoms with Gasteiger partial charge in [-0.25, -0.2) is 8.78 Å². The minimum Gasteiger partial charge on any atom is -0.384 e. The number of halogens is 3. The molecule has 1 heterocycles. The second kappa shape index (κ2) is 2.92. The Hall–Kier alpha value is -0.640. The molecule has 0 aliphatic carbocycles. The lowest BCUT2D eigenvalue weighted by atomic mass is 9.86. The topological polar surface area (TPSA) is 12.0 Å². The van der Waals surface area contributed by atoms with E-state index in [1.807, 2.05) is 13.8 Å². The second-order valence-electron chi connectivity index (χ2n) is 4.15. The normalized spacial score (nSPS) is 17.8. The maximum Gasteiger partial charge on any atom is 0.146 e. The molecule has 0 radical (unpaired) electrons. The predicted octanol–water partition coefficient (Wildman–Crippen LogP) is 3.43. The van der Waals surface area contributed by atoms with E-state index < -0.39 is 11.6 Å². The lowest BCUT2D eigenvalue weighted by molar-refractivity contribution is 0.512. The summed E-state index contributed by atoms with van der Waals surface area (Å²) >= 11 is 2.91. The van der Waals surface area contributed by atoms with Crippen molar-refractivity contribution in [2.24, 2.45) is 0 Å². The van der Waals surface area contributed by atoms with Crippen LogP contribution in [-0.2, 0) is 5.41 Å². The predicted molar refractivity (Wildman–Crippen MR) is 55.6 cm³/mol. The maximum atomic E-state index is 13.7. The third kappa shape index (κ3) is 1.24. The van der Waals surface area contributed by atoms with Crippen LogP contribution in [0.3, 0.4) is 0 Å². The van der Waals surface area contributed by atoms with Gasteiger partial charge in [0.05, 0.1) is 4.47 Å². The van der Waals surface area contributed by atoms with Crippen LogP contribution < -0.4 is 5.32 Å². The van der Waals surface area contributed by atoms with Crippen molar-refractivity contribution in [3.8, 4) is 0 Å². The van der Waals surface area contributed by atoms with Gasteiger partial charge in [-0.05, 0) is 22.0 Å². The summed E-state index contributed by atoms with van der Waals surface area (Å²) < 4.78 is 26.8. The fourth-order valence-corrected chi connectivity index (χ4v) is 2.11. The van der Waals surface area contributed by atoms with Gasteiger partial charge in [-0.1, -0.05) is 13.8 Å². The zero-order valence-corrected chi connectivity index (χ0v) is 9.50. The van der Waals surface area contributed by atoms with Crippen LogP contribution in [0.2, 0.25) is 0 Å². The molecule has 4 heteroatoms. The molecule has 0 bridgehead atoms. The zero-order valence-electron chi connectivity index (χ0n) is 7.92. The zero-order chi connectivity index (χ0) is 10.5. The molecule has 1 aromatic carbocycles. The molecule has 14 heavy (non-hydrogen) atoms. The summed E-state index contributed by atoms with van der Waals surface area (Å²) in [5, 5.41) is 3.00. The molecular formula is C10H10BrF2N. The summed E-state index contributed by atoms with van der Waals surface area (Å²) in [5.74, 6) is -1.05. The number of nitrogens with one attached hydrogen (secondary N) is 1. The van der Waals surface area contributed by atoms with E-state index in [0.29, 0.717) is 17.8 Å². The van der Waals surface area contributed by atoms with Gasteiger partial charge in [0.25, 0.3) is 0 Å². The summed E-state index contributed by atoms with van der Waals surface area (Å²) in [6.45, 7) is 4.49. The molecule has 1 aliphatic rings. The first-order valence-corrected chi connectivity index (χ1v) is 5.14. The van der Waals surface area contributed by atoms with Crippen LogP contribution in [0.5, 0.6) is 0 Å². The molecule has 0 atom stereocenters. The van der Waals surface area contributed by atoms with Crippen molar-refractivity contribution in [3.63, 3.8) is 0 Å². The van der Waals surface area contributed by atoms with E-state index >= 15 is 0 Å². The number of benzene rings is 1. The number of rotatable bonds is 0. The summed E-state index contributed by atoms with van der Waals surface area (Å²) in [7, 11) is 0. The molecule has 0 amide bonds. The molecule has 2 rings (SSSR count). The van der Waals surface area contributed by atoms with Gasteiger partial charge in [-0.2, -0.15) is 0 Å². The molecule has 0 saturated carbocycles. The van der Waals surface area contributed by atoms with Crippen LogP contribution in [0, 0.1) is 11.6 Å². The van der Waals surface area contributed by atoms with Gasteiger partial charge in [0, 0.05) is 23.2 Å². The standard InChI is InChI=1S/C10H10BrF2N/c1-10(2)4-14-6-3-5(12)8(11)9(13)7(6)10/h3,14H,4H2,1-2H3. The second-order valence-corrected chi connectivity index (χ2v) is 4.94. The highest BCUT2D eigenvalue weighted by Gasteiger charge is 2.34. The average molecular weight is 262 g/mol. The Morgan fingerprint density at radius 2 is 2.07 bits per heavy atom. The number of hydrogen-bond acceptors (Lipinski definition) is 1. The van der Waals surface area contributed by atoms with Crippen LogP contribution in [0.15, 0.2) is 10.5 Å². The van der Waals surface area contributed by atoms with Crippen LogP contribution in [0.4, 0.5) is 14.5 Å². The molecule has 1 N–H and O–H groups in total. The molecule has 0 spiro atoms. The molecular weight excluding hydrogens is 252 g/mol. The van der Waals surface area contributed by atoms with Crippen molar-refractivity contribution >= 4 is 21.6 Å². The Morgan fingerprint density at radius 1 is 1.43 bits per heavy atom. The van der Waals surface area contributed by atoms with Crippen LogP contribution >= 0.6 is 15.9 Å². The van der Waals surface area contributed by atoms with Crippen LogP contribution in [0.1, 0.15) is 19.4 Å². The molecule has 0 aromatic heterocycles. The van der Waals surface area contributed by atoms with E-state index in [2.05, 4.69) is 21.2 Å². The fraction of sp³-hybridized carbons (Fsp3) is 0.400. The summed E-state index contributed by atoms with van der Waals surface area (Å²) in [6, 6.07) is 1.33. The first-order valence-electron chi connectivity index (χ1n) is 4.35. The third-order valence-corrected chi connectivity index (χ3v) is 3.29. The van der Waals surface area contributed by atoms with Crippen LogP contribution in [0.25, 0.3) is 0 Å². The van der Waals surface area contributed by atoms with Gasteiger partial charge < -0.3 is 5.32 Å². The van der Waals surface area contributed by atoms with E-state index in [4.69, 9.17) is 0 Å². The minimum atomic E-state index is -0.563. The van der Waals surface area contributed by atoms with E-state index in [1.165, 1.54) is 6.07 Å². The highest BCUT2D eigenvalue weighted by molar-refractivity contribution is 9.10. The number of fused-ring (bicyclic) bond motifs is 1. The fourth-order valence-electron chi connectivity index (χ4n) is 1.80. The molecule has 1 aromatic rings. The lowest BCUT2D eigenvalue weighted by Gasteiger charge is -2.18. The minimum absolute atomic E-state index is 0.0759. The highest BCUT2D eigenvalue weighted by Crippen LogP contribution is 2.41. The Morgan fingerprint density at radius 3 is 2.71 bits per heavy atom.